The maximum absolute atomic E-state index is 12.5. The van der Waals surface area contributed by atoms with Crippen molar-refractivity contribution in [3.05, 3.63) is 41.1 Å². The Morgan fingerprint density at radius 3 is 3.16 bits per heavy atom. The molecular formula is C18H24N4O3. The Hall–Kier alpha value is -2.41. The number of imidazole rings is 1. The van der Waals surface area contributed by atoms with Gasteiger partial charge in [0.25, 0.3) is 0 Å². The molecule has 7 nitrogen and oxygen atoms in total. The number of carbonyl (C=O) groups is 1. The van der Waals surface area contributed by atoms with Crippen LogP contribution in [0.5, 0.6) is 5.88 Å². The van der Waals surface area contributed by atoms with Crippen LogP contribution in [-0.4, -0.2) is 41.2 Å². The number of ether oxygens (including phenoxy) is 2. The van der Waals surface area contributed by atoms with Crippen LogP contribution in [0.1, 0.15) is 29.2 Å². The number of nitrogens with zero attached hydrogens (tertiary/aromatic N) is 2. The van der Waals surface area contributed by atoms with Crippen molar-refractivity contribution < 1.29 is 14.3 Å². The number of fused-ring (bicyclic) bond motifs is 1. The van der Waals surface area contributed by atoms with Crippen LogP contribution in [0.25, 0.3) is 0 Å². The number of amides is 1. The van der Waals surface area contributed by atoms with Gasteiger partial charge < -0.3 is 19.8 Å². The Balaban J connectivity index is 1.56. The van der Waals surface area contributed by atoms with Gasteiger partial charge in [-0.25, -0.2) is 9.97 Å². The highest BCUT2D eigenvalue weighted by atomic mass is 16.5. The Labute approximate surface area is 147 Å². The lowest BCUT2D eigenvalue weighted by Crippen LogP contribution is -2.34. The summed E-state index contributed by atoms with van der Waals surface area (Å²) in [7, 11) is 1.62. The van der Waals surface area contributed by atoms with E-state index < -0.39 is 0 Å². The van der Waals surface area contributed by atoms with Gasteiger partial charge in [0.2, 0.25) is 11.8 Å². The lowest BCUT2D eigenvalue weighted by Gasteiger charge is -2.21. The summed E-state index contributed by atoms with van der Waals surface area (Å²) in [6, 6.07) is 3.75. The summed E-state index contributed by atoms with van der Waals surface area (Å²) in [5.74, 6) is 1.49. The van der Waals surface area contributed by atoms with Crippen molar-refractivity contribution in [3.8, 4) is 5.88 Å². The summed E-state index contributed by atoms with van der Waals surface area (Å²) < 4.78 is 10.6. The first-order valence-electron chi connectivity index (χ1n) is 8.55. The first-order valence-corrected chi connectivity index (χ1v) is 8.55. The number of rotatable bonds is 7. The van der Waals surface area contributed by atoms with Gasteiger partial charge in [-0.2, -0.15) is 0 Å². The lowest BCUT2D eigenvalue weighted by atomic mass is 9.89. The molecule has 25 heavy (non-hydrogen) atoms. The highest BCUT2D eigenvalue weighted by Crippen LogP contribution is 2.24. The highest BCUT2D eigenvalue weighted by Gasteiger charge is 2.26. The molecule has 3 rings (SSSR count). The number of carbonyl (C=O) groups excluding carboxylic acids is 1. The maximum Gasteiger partial charge on any atom is 0.223 e. The second kappa shape index (κ2) is 8.11. The molecule has 1 amide bonds. The van der Waals surface area contributed by atoms with Gasteiger partial charge in [0, 0.05) is 43.4 Å². The third kappa shape index (κ3) is 4.36. The Kier molecular flexibility index (Phi) is 5.65. The molecule has 2 N–H and O–H groups in total. The molecule has 0 spiro atoms. The van der Waals surface area contributed by atoms with E-state index in [1.165, 1.54) is 0 Å². The van der Waals surface area contributed by atoms with E-state index in [1.807, 2.05) is 19.1 Å². The lowest BCUT2D eigenvalue weighted by molar-refractivity contribution is -0.125. The number of aromatic nitrogens is 3. The minimum Gasteiger partial charge on any atom is -0.475 e. The molecule has 0 aliphatic heterocycles. The fourth-order valence-electron chi connectivity index (χ4n) is 3.08. The Bertz CT molecular complexity index is 729. The zero-order chi connectivity index (χ0) is 17.6. The van der Waals surface area contributed by atoms with Gasteiger partial charge >= 0.3 is 0 Å². The van der Waals surface area contributed by atoms with Crippen LogP contribution in [0.3, 0.4) is 0 Å². The monoisotopic (exact) mass is 344 g/mol. The quantitative estimate of drug-likeness (QED) is 0.744. The average molecular weight is 344 g/mol. The third-order valence-corrected chi connectivity index (χ3v) is 4.36. The van der Waals surface area contributed by atoms with Crippen LogP contribution in [0.2, 0.25) is 0 Å². The highest BCUT2D eigenvalue weighted by molar-refractivity contribution is 5.79. The minimum atomic E-state index is -0.0260. The first kappa shape index (κ1) is 17.4. The number of methoxy groups -OCH3 is 1. The molecule has 0 saturated heterocycles. The van der Waals surface area contributed by atoms with Gasteiger partial charge in [0.05, 0.1) is 12.3 Å². The Morgan fingerprint density at radius 1 is 1.44 bits per heavy atom. The normalized spacial score (nSPS) is 16.3. The molecule has 0 bridgehead atoms. The fraction of sp³-hybridized carbons (Fsp3) is 0.500. The fourth-order valence-corrected chi connectivity index (χ4v) is 3.08. The van der Waals surface area contributed by atoms with Crippen LogP contribution in [-0.2, 0) is 28.9 Å². The largest absolute Gasteiger partial charge is 0.475 e. The van der Waals surface area contributed by atoms with Gasteiger partial charge in [0.1, 0.15) is 12.4 Å². The molecule has 2 heterocycles. The topological polar surface area (TPSA) is 89.1 Å². The summed E-state index contributed by atoms with van der Waals surface area (Å²) in [5, 5.41) is 3.01. The molecule has 7 heteroatoms. The number of hydrogen-bond donors (Lipinski definition) is 2. The predicted octanol–water partition coefficient (Wildman–Crippen LogP) is 1.56. The van der Waals surface area contributed by atoms with Crippen molar-refractivity contribution in [1.29, 1.82) is 0 Å². The summed E-state index contributed by atoms with van der Waals surface area (Å²) in [4.78, 5) is 24.5. The number of hydrogen-bond acceptors (Lipinski definition) is 5. The average Bonchev–Trinajstić information content (AvgIpc) is 3.00. The van der Waals surface area contributed by atoms with Crippen LogP contribution < -0.4 is 10.1 Å². The molecule has 1 atom stereocenters. The van der Waals surface area contributed by atoms with E-state index in [0.717, 1.165) is 35.6 Å². The van der Waals surface area contributed by atoms with Crippen LogP contribution in [0, 0.1) is 12.8 Å². The number of pyridine rings is 1. The summed E-state index contributed by atoms with van der Waals surface area (Å²) in [5.41, 5.74) is 3.05. The molecule has 0 fully saturated rings. The van der Waals surface area contributed by atoms with Gasteiger partial charge in [-0.1, -0.05) is 6.07 Å². The van der Waals surface area contributed by atoms with Crippen molar-refractivity contribution >= 4 is 5.91 Å². The van der Waals surface area contributed by atoms with Gasteiger partial charge in [0.15, 0.2) is 0 Å². The molecule has 0 radical (unpaired) electrons. The molecular weight excluding hydrogens is 320 g/mol. The van der Waals surface area contributed by atoms with Crippen LogP contribution in [0.15, 0.2) is 18.3 Å². The molecule has 2 aromatic heterocycles. The third-order valence-electron chi connectivity index (χ3n) is 4.36. The van der Waals surface area contributed by atoms with Crippen molar-refractivity contribution in [2.75, 3.05) is 20.3 Å². The van der Waals surface area contributed by atoms with Crippen molar-refractivity contribution in [1.82, 2.24) is 20.3 Å². The molecule has 1 aliphatic carbocycles. The number of aromatic amines is 1. The van der Waals surface area contributed by atoms with Crippen molar-refractivity contribution in [3.63, 3.8) is 0 Å². The predicted molar refractivity (Wildman–Crippen MR) is 92.3 cm³/mol. The minimum absolute atomic E-state index is 0.0260. The second-order valence-corrected chi connectivity index (χ2v) is 6.21. The molecule has 0 saturated carbocycles. The summed E-state index contributed by atoms with van der Waals surface area (Å²) >= 11 is 0. The van der Waals surface area contributed by atoms with Gasteiger partial charge in [-0.3, -0.25) is 4.79 Å². The standard InChI is InChI=1S/C18H24N4O3/c1-12-21-15-6-5-13(10-16(15)22-12)17(23)20-11-14-4-3-7-19-18(14)25-9-8-24-2/h3-4,7,13H,5-6,8-11H2,1-2H3,(H,20,23)(H,21,22). The van der Waals surface area contributed by atoms with Crippen molar-refractivity contribution in [2.45, 2.75) is 32.7 Å². The van der Waals surface area contributed by atoms with E-state index in [4.69, 9.17) is 9.47 Å². The number of aryl methyl sites for hydroxylation is 2. The first-order chi connectivity index (χ1) is 12.2. The molecule has 2 aromatic rings. The zero-order valence-electron chi connectivity index (χ0n) is 14.7. The number of H-pyrrole nitrogens is 1. The smallest absolute Gasteiger partial charge is 0.223 e. The zero-order valence-corrected chi connectivity index (χ0v) is 14.7. The summed E-state index contributed by atoms with van der Waals surface area (Å²) in [6.45, 7) is 3.27. The second-order valence-electron chi connectivity index (χ2n) is 6.21. The SMILES string of the molecule is COCCOc1ncccc1CNC(=O)C1CCc2nc(C)[nH]c2C1. The number of nitrogens with one attached hydrogen (secondary N) is 2. The van der Waals surface area contributed by atoms with Gasteiger partial charge in [-0.15, -0.1) is 0 Å². The molecule has 1 unspecified atom stereocenters. The molecule has 0 aromatic carbocycles. The van der Waals surface area contributed by atoms with E-state index in [-0.39, 0.29) is 11.8 Å². The molecule has 134 valence electrons. The van der Waals surface area contributed by atoms with E-state index in [0.29, 0.717) is 32.1 Å². The van der Waals surface area contributed by atoms with Gasteiger partial charge in [-0.05, 0) is 25.8 Å². The van der Waals surface area contributed by atoms with E-state index in [9.17, 15) is 4.79 Å². The maximum atomic E-state index is 12.5. The Morgan fingerprint density at radius 2 is 2.32 bits per heavy atom. The summed E-state index contributed by atoms with van der Waals surface area (Å²) in [6.07, 6.45) is 4.06. The van der Waals surface area contributed by atoms with E-state index in [1.54, 1.807) is 13.3 Å². The molecule has 1 aliphatic rings. The van der Waals surface area contributed by atoms with Crippen molar-refractivity contribution in [2.24, 2.45) is 5.92 Å². The van der Waals surface area contributed by atoms with Crippen LogP contribution in [0.4, 0.5) is 0 Å². The van der Waals surface area contributed by atoms with E-state index >= 15 is 0 Å². The van der Waals surface area contributed by atoms with E-state index in [2.05, 4.69) is 20.3 Å². The van der Waals surface area contributed by atoms with Crippen LogP contribution >= 0.6 is 0 Å².